The smallest absolute Gasteiger partial charge is 0.434 e. The Kier molecular flexibility index (Phi) is 2.48. The van der Waals surface area contributed by atoms with Gasteiger partial charge in [0.1, 0.15) is 0 Å². The molecule has 0 unspecified atom stereocenters. The molecule has 0 radical (unpaired) electrons. The van der Waals surface area contributed by atoms with Crippen LogP contribution in [0.1, 0.15) is 6.92 Å². The van der Waals surface area contributed by atoms with Crippen LogP contribution in [-0.4, -0.2) is 23.0 Å². The zero-order valence-corrected chi connectivity index (χ0v) is 6.03. The molecular formula is C6H8N2O3. The molecule has 1 aromatic heterocycles. The predicted molar refractivity (Wildman–Crippen MR) is 36.2 cm³/mol. The van der Waals surface area contributed by atoms with Crippen LogP contribution in [0.2, 0.25) is 0 Å². The first-order valence-electron chi connectivity index (χ1n) is 3.16. The number of carbonyl (C=O) groups is 1. The highest BCUT2D eigenvalue weighted by Crippen LogP contribution is 2.05. The summed E-state index contributed by atoms with van der Waals surface area (Å²) < 4.78 is 9.15. The van der Waals surface area contributed by atoms with E-state index in [9.17, 15) is 4.79 Å². The van der Waals surface area contributed by atoms with Gasteiger partial charge in [0.05, 0.1) is 19.0 Å². The van der Waals surface area contributed by atoms with Gasteiger partial charge in [-0.05, 0) is 6.92 Å². The maximum atomic E-state index is 10.6. The van der Waals surface area contributed by atoms with Crippen LogP contribution in [0.5, 0.6) is 5.75 Å². The summed E-state index contributed by atoms with van der Waals surface area (Å²) in [7, 11) is 0. The Morgan fingerprint density at radius 1 is 1.82 bits per heavy atom. The standard InChI is InChI=1S/C6H8N2O3/c1-2-10-6(9)11-5-3-7-8-4-5/h3-4H,2H2,1H3,(H,7,8). The molecule has 0 fully saturated rings. The summed E-state index contributed by atoms with van der Waals surface area (Å²) >= 11 is 0. The molecule has 0 aliphatic rings. The van der Waals surface area contributed by atoms with E-state index in [4.69, 9.17) is 0 Å². The van der Waals surface area contributed by atoms with Gasteiger partial charge < -0.3 is 9.47 Å². The van der Waals surface area contributed by atoms with Crippen molar-refractivity contribution in [3.8, 4) is 5.75 Å². The summed E-state index contributed by atoms with van der Waals surface area (Å²) in [6, 6.07) is 0. The van der Waals surface area contributed by atoms with Crippen molar-refractivity contribution in [3.63, 3.8) is 0 Å². The molecule has 0 spiro atoms. The number of nitrogens with one attached hydrogen (secondary N) is 1. The molecule has 1 rings (SSSR count). The van der Waals surface area contributed by atoms with Crippen LogP contribution in [0.25, 0.3) is 0 Å². The molecule has 0 aliphatic carbocycles. The summed E-state index contributed by atoms with van der Waals surface area (Å²) in [5, 5.41) is 6.07. The van der Waals surface area contributed by atoms with Crippen molar-refractivity contribution >= 4 is 6.16 Å². The molecule has 5 nitrogen and oxygen atoms in total. The quantitative estimate of drug-likeness (QED) is 0.647. The highest BCUT2D eigenvalue weighted by molar-refractivity contribution is 5.63. The zero-order chi connectivity index (χ0) is 8.10. The largest absolute Gasteiger partial charge is 0.513 e. The Bertz CT molecular complexity index is 220. The fraction of sp³-hybridized carbons (Fsp3) is 0.333. The minimum atomic E-state index is -0.714. The predicted octanol–water partition coefficient (Wildman–Crippen LogP) is 0.945. The molecule has 1 aromatic rings. The van der Waals surface area contributed by atoms with Gasteiger partial charge in [0.25, 0.3) is 0 Å². The lowest BCUT2D eigenvalue weighted by atomic mass is 10.7. The molecule has 0 atom stereocenters. The monoisotopic (exact) mass is 156 g/mol. The van der Waals surface area contributed by atoms with Gasteiger partial charge >= 0.3 is 6.16 Å². The van der Waals surface area contributed by atoms with Crippen molar-refractivity contribution in [3.05, 3.63) is 12.4 Å². The van der Waals surface area contributed by atoms with Gasteiger partial charge in [0.2, 0.25) is 0 Å². The second-order valence-electron chi connectivity index (χ2n) is 1.72. The molecule has 0 aromatic carbocycles. The number of carbonyl (C=O) groups excluding carboxylic acids is 1. The number of hydrogen-bond acceptors (Lipinski definition) is 4. The zero-order valence-electron chi connectivity index (χ0n) is 6.03. The average Bonchev–Trinajstić information content (AvgIpc) is 2.40. The Labute approximate surface area is 63.3 Å². The number of hydrogen-bond donors (Lipinski definition) is 1. The number of rotatable bonds is 2. The Morgan fingerprint density at radius 3 is 3.18 bits per heavy atom. The second kappa shape index (κ2) is 3.60. The summed E-state index contributed by atoms with van der Waals surface area (Å²) in [6.07, 6.45) is 2.13. The Morgan fingerprint density at radius 2 is 2.64 bits per heavy atom. The first kappa shape index (κ1) is 7.59. The van der Waals surface area contributed by atoms with Crippen LogP contribution < -0.4 is 4.74 Å². The summed E-state index contributed by atoms with van der Waals surface area (Å²) in [6.45, 7) is 2.01. The topological polar surface area (TPSA) is 64.2 Å². The third-order valence-electron chi connectivity index (χ3n) is 0.937. The summed E-state index contributed by atoms with van der Waals surface area (Å²) in [5.74, 6) is 0.350. The van der Waals surface area contributed by atoms with E-state index in [0.29, 0.717) is 12.4 Å². The third kappa shape index (κ3) is 2.29. The van der Waals surface area contributed by atoms with E-state index in [1.165, 1.54) is 12.4 Å². The van der Waals surface area contributed by atoms with Crippen LogP contribution in [0.4, 0.5) is 4.79 Å². The molecule has 1 N–H and O–H groups in total. The van der Waals surface area contributed by atoms with Gasteiger partial charge in [-0.15, -0.1) is 0 Å². The lowest BCUT2D eigenvalue weighted by molar-refractivity contribution is 0.104. The van der Waals surface area contributed by atoms with Gasteiger partial charge in [0.15, 0.2) is 5.75 Å². The van der Waals surface area contributed by atoms with E-state index in [1.807, 2.05) is 0 Å². The molecule has 0 amide bonds. The second-order valence-corrected chi connectivity index (χ2v) is 1.72. The van der Waals surface area contributed by atoms with E-state index in [1.54, 1.807) is 6.92 Å². The van der Waals surface area contributed by atoms with Crippen LogP contribution in [0, 0.1) is 0 Å². The van der Waals surface area contributed by atoms with Gasteiger partial charge in [-0.3, -0.25) is 5.10 Å². The fourth-order valence-corrected chi connectivity index (χ4v) is 0.538. The van der Waals surface area contributed by atoms with Gasteiger partial charge in [0, 0.05) is 0 Å². The third-order valence-corrected chi connectivity index (χ3v) is 0.937. The van der Waals surface area contributed by atoms with Crippen LogP contribution in [0.3, 0.4) is 0 Å². The minimum Gasteiger partial charge on any atom is -0.434 e. The van der Waals surface area contributed by atoms with Crippen LogP contribution >= 0.6 is 0 Å². The van der Waals surface area contributed by atoms with Crippen LogP contribution in [-0.2, 0) is 4.74 Å². The average molecular weight is 156 g/mol. The van der Waals surface area contributed by atoms with Gasteiger partial charge in [-0.25, -0.2) is 4.79 Å². The summed E-state index contributed by atoms with van der Waals surface area (Å²) in [5.41, 5.74) is 0. The number of H-pyrrole nitrogens is 1. The molecule has 0 saturated carbocycles. The fourth-order valence-electron chi connectivity index (χ4n) is 0.538. The number of aromatic amines is 1. The number of nitrogens with zero attached hydrogens (tertiary/aromatic N) is 1. The van der Waals surface area contributed by atoms with E-state index in [2.05, 4.69) is 19.7 Å². The Hall–Kier alpha value is -1.52. The van der Waals surface area contributed by atoms with Crippen molar-refractivity contribution in [2.75, 3.05) is 6.61 Å². The molecular weight excluding hydrogens is 148 g/mol. The molecule has 0 saturated heterocycles. The molecule has 0 aliphatic heterocycles. The maximum absolute atomic E-state index is 10.6. The Balaban J connectivity index is 2.37. The highest BCUT2D eigenvalue weighted by atomic mass is 16.7. The van der Waals surface area contributed by atoms with Gasteiger partial charge in [-0.2, -0.15) is 5.10 Å². The van der Waals surface area contributed by atoms with E-state index >= 15 is 0 Å². The molecule has 0 bridgehead atoms. The minimum absolute atomic E-state index is 0.302. The van der Waals surface area contributed by atoms with E-state index in [-0.39, 0.29) is 0 Å². The van der Waals surface area contributed by atoms with Crippen molar-refractivity contribution in [2.45, 2.75) is 6.92 Å². The lowest BCUT2D eigenvalue weighted by Crippen LogP contribution is -2.09. The highest BCUT2D eigenvalue weighted by Gasteiger charge is 2.03. The van der Waals surface area contributed by atoms with Crippen molar-refractivity contribution in [2.24, 2.45) is 0 Å². The first-order valence-corrected chi connectivity index (χ1v) is 3.16. The van der Waals surface area contributed by atoms with Crippen molar-refractivity contribution < 1.29 is 14.3 Å². The molecule has 11 heavy (non-hydrogen) atoms. The molecule has 5 heteroatoms. The normalized spacial score (nSPS) is 9.18. The van der Waals surface area contributed by atoms with Gasteiger partial charge in [-0.1, -0.05) is 0 Å². The van der Waals surface area contributed by atoms with Crippen molar-refractivity contribution in [1.82, 2.24) is 10.2 Å². The molecule has 1 heterocycles. The van der Waals surface area contributed by atoms with E-state index in [0.717, 1.165) is 0 Å². The number of ether oxygens (including phenoxy) is 2. The first-order chi connectivity index (χ1) is 5.33. The lowest BCUT2D eigenvalue weighted by Gasteiger charge is -1.98. The number of aromatic nitrogens is 2. The van der Waals surface area contributed by atoms with E-state index < -0.39 is 6.16 Å². The van der Waals surface area contributed by atoms with Crippen LogP contribution in [0.15, 0.2) is 12.4 Å². The molecule has 60 valence electrons. The van der Waals surface area contributed by atoms with Crippen molar-refractivity contribution in [1.29, 1.82) is 0 Å². The maximum Gasteiger partial charge on any atom is 0.513 e. The summed E-state index contributed by atoms with van der Waals surface area (Å²) in [4.78, 5) is 10.6. The SMILES string of the molecule is CCOC(=O)Oc1cn[nH]c1.